The first kappa shape index (κ1) is 30.3. The number of allylic oxidation sites excluding steroid dienone is 1. The van der Waals surface area contributed by atoms with Gasteiger partial charge in [-0.3, -0.25) is 0 Å². The van der Waals surface area contributed by atoms with Gasteiger partial charge in [-0.05, 0) is 56.4 Å². The van der Waals surface area contributed by atoms with Crippen LogP contribution in [0.2, 0.25) is 0 Å². The molecule has 0 aliphatic carbocycles. The first-order valence-electron chi connectivity index (χ1n) is 13.7. The van der Waals surface area contributed by atoms with E-state index in [4.69, 9.17) is 23.7 Å². The van der Waals surface area contributed by atoms with E-state index in [-0.39, 0.29) is 23.9 Å². The van der Waals surface area contributed by atoms with Crippen molar-refractivity contribution in [2.75, 3.05) is 26.9 Å². The van der Waals surface area contributed by atoms with Crippen LogP contribution in [0.3, 0.4) is 0 Å². The Morgan fingerprint density at radius 2 is 1.68 bits per heavy atom. The molecule has 0 aromatic heterocycles. The lowest BCUT2D eigenvalue weighted by molar-refractivity contribution is -0.311. The van der Waals surface area contributed by atoms with Gasteiger partial charge in [-0.2, -0.15) is 0 Å². The molecule has 0 saturated carbocycles. The maximum absolute atomic E-state index is 11.3. The Morgan fingerprint density at radius 1 is 1.03 bits per heavy atom. The highest BCUT2D eigenvalue weighted by Crippen LogP contribution is 2.34. The van der Waals surface area contributed by atoms with E-state index in [1.807, 2.05) is 56.3 Å². The first-order valence-corrected chi connectivity index (χ1v) is 13.7. The van der Waals surface area contributed by atoms with Crippen LogP contribution in [0.25, 0.3) is 0 Å². The number of hydrogen-bond donors (Lipinski definition) is 1. The van der Waals surface area contributed by atoms with Crippen LogP contribution in [-0.2, 0) is 32.2 Å². The van der Waals surface area contributed by atoms with E-state index in [0.717, 1.165) is 23.3 Å². The third-order valence-corrected chi connectivity index (χ3v) is 7.23. The SMILES string of the molecule is COc1ccc(COC[C@H]2COC(C)(C)O[C@@H]2[C@@H](C)[C@H](O)[C@@H](C)C/C(C)=C/COCc2ccccc2)cc1. The van der Waals surface area contributed by atoms with Crippen molar-refractivity contribution in [3.8, 4) is 5.75 Å². The van der Waals surface area contributed by atoms with Crippen LogP contribution in [0.4, 0.5) is 0 Å². The summed E-state index contributed by atoms with van der Waals surface area (Å²) in [5.41, 5.74) is 3.46. The zero-order valence-corrected chi connectivity index (χ0v) is 23.9. The van der Waals surface area contributed by atoms with E-state index in [0.29, 0.717) is 33.0 Å². The number of benzene rings is 2. The molecule has 1 aliphatic heterocycles. The summed E-state index contributed by atoms with van der Waals surface area (Å²) in [5.74, 6) is 0.156. The van der Waals surface area contributed by atoms with Crippen LogP contribution < -0.4 is 4.74 Å². The summed E-state index contributed by atoms with van der Waals surface area (Å²) in [5, 5.41) is 11.3. The van der Waals surface area contributed by atoms with Gasteiger partial charge in [0.25, 0.3) is 0 Å². The van der Waals surface area contributed by atoms with Gasteiger partial charge in [0, 0.05) is 11.8 Å². The largest absolute Gasteiger partial charge is 0.497 e. The maximum Gasteiger partial charge on any atom is 0.163 e. The van der Waals surface area contributed by atoms with Crippen LogP contribution in [0, 0.1) is 17.8 Å². The van der Waals surface area contributed by atoms with Gasteiger partial charge in [0.2, 0.25) is 0 Å². The number of aliphatic hydroxyl groups excluding tert-OH is 1. The van der Waals surface area contributed by atoms with Crippen molar-refractivity contribution in [3.63, 3.8) is 0 Å². The van der Waals surface area contributed by atoms with Crippen molar-refractivity contribution < 1.29 is 28.8 Å². The number of ether oxygens (including phenoxy) is 5. The smallest absolute Gasteiger partial charge is 0.163 e. The topological polar surface area (TPSA) is 66.4 Å². The summed E-state index contributed by atoms with van der Waals surface area (Å²) in [6.45, 7) is 12.8. The van der Waals surface area contributed by atoms with Crippen LogP contribution in [0.5, 0.6) is 5.75 Å². The molecule has 1 N–H and O–H groups in total. The molecule has 2 aromatic carbocycles. The molecular weight excluding hydrogens is 480 g/mol. The Bertz CT molecular complexity index is 971. The molecule has 6 heteroatoms. The quantitative estimate of drug-likeness (QED) is 0.235. The molecule has 6 nitrogen and oxygen atoms in total. The number of rotatable bonds is 14. The van der Waals surface area contributed by atoms with Crippen molar-refractivity contribution >= 4 is 0 Å². The fourth-order valence-corrected chi connectivity index (χ4v) is 4.97. The zero-order chi connectivity index (χ0) is 27.5. The molecule has 1 fully saturated rings. The van der Waals surface area contributed by atoms with E-state index < -0.39 is 11.9 Å². The lowest BCUT2D eigenvalue weighted by Gasteiger charge is -2.45. The number of methoxy groups -OCH3 is 1. The molecule has 210 valence electrons. The Hall–Kier alpha value is -2.22. The molecule has 0 unspecified atom stereocenters. The summed E-state index contributed by atoms with van der Waals surface area (Å²) in [6.07, 6.45) is 2.21. The maximum atomic E-state index is 11.3. The molecule has 0 radical (unpaired) electrons. The molecule has 5 atom stereocenters. The molecule has 1 aliphatic rings. The van der Waals surface area contributed by atoms with Crippen molar-refractivity contribution in [2.45, 2.75) is 72.2 Å². The average molecular weight is 527 g/mol. The van der Waals surface area contributed by atoms with E-state index >= 15 is 0 Å². The van der Waals surface area contributed by atoms with Crippen molar-refractivity contribution in [1.82, 2.24) is 0 Å². The van der Waals surface area contributed by atoms with E-state index in [2.05, 4.69) is 39.0 Å². The highest BCUT2D eigenvalue weighted by molar-refractivity contribution is 5.26. The molecule has 0 amide bonds. The minimum absolute atomic E-state index is 0.0288. The van der Waals surface area contributed by atoms with Crippen LogP contribution in [0.1, 0.15) is 52.2 Å². The second-order valence-electron chi connectivity index (χ2n) is 11.0. The molecule has 38 heavy (non-hydrogen) atoms. The van der Waals surface area contributed by atoms with Gasteiger partial charge in [-0.15, -0.1) is 0 Å². The van der Waals surface area contributed by atoms with E-state index in [1.54, 1.807) is 7.11 Å². The van der Waals surface area contributed by atoms with Crippen molar-refractivity contribution in [1.29, 1.82) is 0 Å². The Balaban J connectivity index is 1.51. The van der Waals surface area contributed by atoms with Gasteiger partial charge in [-0.25, -0.2) is 0 Å². The molecular formula is C32H46O6. The summed E-state index contributed by atoms with van der Waals surface area (Å²) in [4.78, 5) is 0. The molecule has 1 heterocycles. The third-order valence-electron chi connectivity index (χ3n) is 7.23. The first-order chi connectivity index (χ1) is 18.2. The zero-order valence-electron chi connectivity index (χ0n) is 23.9. The van der Waals surface area contributed by atoms with Crippen molar-refractivity contribution in [3.05, 3.63) is 77.4 Å². The highest BCUT2D eigenvalue weighted by Gasteiger charge is 2.42. The monoisotopic (exact) mass is 526 g/mol. The molecule has 3 rings (SSSR count). The molecule has 0 spiro atoms. The minimum Gasteiger partial charge on any atom is -0.497 e. The lowest BCUT2D eigenvalue weighted by atomic mass is 9.81. The van der Waals surface area contributed by atoms with E-state index in [9.17, 15) is 5.11 Å². The Labute approximate surface area is 228 Å². The summed E-state index contributed by atoms with van der Waals surface area (Å²) in [7, 11) is 1.66. The third kappa shape index (κ3) is 9.51. The van der Waals surface area contributed by atoms with Crippen molar-refractivity contribution in [2.24, 2.45) is 17.8 Å². The Kier molecular flexibility index (Phi) is 11.8. The standard InChI is InChI=1S/C32H46O6/c1-23(16-17-35-19-26-10-8-7-9-11-26)18-24(2)30(33)25(3)31-28(22-37-32(4,5)38-31)21-36-20-27-12-14-29(34-6)15-13-27/h7-16,24-25,28,30-31,33H,17-22H2,1-6H3/b23-16+/t24-,25-,28-,30+,31+/m0/s1. The lowest BCUT2D eigenvalue weighted by Crippen LogP contribution is -2.52. The normalized spacial score (nSPS) is 22.0. The Morgan fingerprint density at radius 3 is 2.37 bits per heavy atom. The van der Waals surface area contributed by atoms with Gasteiger partial charge in [-0.1, -0.05) is 68.0 Å². The molecule has 1 saturated heterocycles. The van der Waals surface area contributed by atoms with E-state index in [1.165, 1.54) is 5.57 Å². The van der Waals surface area contributed by atoms with Gasteiger partial charge in [0.05, 0.1) is 52.4 Å². The average Bonchev–Trinajstić information content (AvgIpc) is 2.91. The summed E-state index contributed by atoms with van der Waals surface area (Å²) < 4.78 is 29.4. The number of aliphatic hydroxyl groups is 1. The summed E-state index contributed by atoms with van der Waals surface area (Å²) >= 11 is 0. The predicted molar refractivity (Wildman–Crippen MR) is 150 cm³/mol. The summed E-state index contributed by atoms with van der Waals surface area (Å²) in [6, 6.07) is 18.0. The van der Waals surface area contributed by atoms with Gasteiger partial charge < -0.3 is 28.8 Å². The molecule has 0 bridgehead atoms. The molecule has 2 aromatic rings. The van der Waals surface area contributed by atoms with Crippen LogP contribution in [-0.4, -0.2) is 50.0 Å². The second-order valence-corrected chi connectivity index (χ2v) is 11.0. The number of hydrogen-bond acceptors (Lipinski definition) is 6. The van der Waals surface area contributed by atoms with Gasteiger partial charge >= 0.3 is 0 Å². The fraction of sp³-hybridized carbons (Fsp3) is 0.562. The van der Waals surface area contributed by atoms with Crippen LogP contribution >= 0.6 is 0 Å². The van der Waals surface area contributed by atoms with Gasteiger partial charge in [0.15, 0.2) is 5.79 Å². The predicted octanol–water partition coefficient (Wildman–Crippen LogP) is 6.17. The van der Waals surface area contributed by atoms with Gasteiger partial charge in [0.1, 0.15) is 5.75 Å². The fourth-order valence-electron chi connectivity index (χ4n) is 4.97. The highest BCUT2D eigenvalue weighted by atomic mass is 16.7. The van der Waals surface area contributed by atoms with Crippen LogP contribution in [0.15, 0.2) is 66.2 Å². The minimum atomic E-state index is -0.694. The second kappa shape index (κ2) is 14.8.